The Morgan fingerprint density at radius 1 is 0.643 bits per heavy atom. The van der Waals surface area contributed by atoms with Gasteiger partial charge in [0.25, 0.3) is 0 Å². The molecule has 8 heteroatoms. The summed E-state index contributed by atoms with van der Waals surface area (Å²) in [5.41, 5.74) is 5.79. The molecule has 0 radical (unpaired) electrons. The molecule has 4 aromatic rings. The van der Waals surface area contributed by atoms with Crippen LogP contribution in [0.1, 0.15) is 132 Å². The van der Waals surface area contributed by atoms with E-state index >= 15 is 0 Å². The molecule has 1 aliphatic heterocycles. The van der Waals surface area contributed by atoms with E-state index in [9.17, 15) is 13.5 Å². The van der Waals surface area contributed by atoms with Gasteiger partial charge in [0.2, 0.25) is 10.0 Å². The molecule has 0 bridgehead atoms. The van der Waals surface area contributed by atoms with Crippen molar-refractivity contribution in [3.63, 3.8) is 0 Å². The van der Waals surface area contributed by atoms with Crippen molar-refractivity contribution in [3.05, 3.63) is 125 Å². The Bertz CT molecular complexity index is 1800. The predicted octanol–water partition coefficient (Wildman–Crippen LogP) is 11.1. The maximum absolute atomic E-state index is 12.9. The standard InChI is InChI=1S/C48H66N2O5S/c1-4-6-8-10-12-17-31-50(32-18-13-11-9-7-5-2)36-46-38(3)47(41-29-27-39(37-51)28-30-41)55-48(54-46)44-24-20-23-43(34-44)42-22-19-21-40(33-42)35-49-56(52,53)45-25-15-14-16-26-45/h14-16,19-30,33-34,38,46-49,51H,4-13,17-18,31-32,35-37H2,1-3H3/t38-,46+,47+,48+/m0/s1. The van der Waals surface area contributed by atoms with E-state index in [1.165, 1.54) is 77.0 Å². The van der Waals surface area contributed by atoms with Crippen LogP contribution in [-0.2, 0) is 32.6 Å². The number of hydrogen-bond donors (Lipinski definition) is 2. The van der Waals surface area contributed by atoms with E-state index in [1.807, 2.05) is 36.4 Å². The van der Waals surface area contributed by atoms with Gasteiger partial charge in [0.05, 0.1) is 23.7 Å². The average molecular weight is 783 g/mol. The molecule has 7 nitrogen and oxygen atoms in total. The van der Waals surface area contributed by atoms with Gasteiger partial charge in [0.1, 0.15) is 0 Å². The highest BCUT2D eigenvalue weighted by Gasteiger charge is 2.39. The van der Waals surface area contributed by atoms with Gasteiger partial charge in [0, 0.05) is 24.6 Å². The first-order chi connectivity index (χ1) is 27.3. The molecule has 0 spiro atoms. The average Bonchev–Trinajstić information content (AvgIpc) is 3.23. The van der Waals surface area contributed by atoms with Crippen molar-refractivity contribution in [3.8, 4) is 11.1 Å². The predicted molar refractivity (Wildman–Crippen MR) is 229 cm³/mol. The van der Waals surface area contributed by atoms with Crippen LogP contribution in [0.25, 0.3) is 11.1 Å². The normalized spacial score (nSPS) is 18.7. The zero-order valence-electron chi connectivity index (χ0n) is 34.1. The van der Waals surface area contributed by atoms with Crippen molar-refractivity contribution in [1.29, 1.82) is 0 Å². The van der Waals surface area contributed by atoms with Crippen LogP contribution in [0.5, 0.6) is 0 Å². The van der Waals surface area contributed by atoms with Crippen LogP contribution in [0, 0.1) is 5.92 Å². The van der Waals surface area contributed by atoms with Crippen molar-refractivity contribution in [2.24, 2.45) is 5.92 Å². The zero-order chi connectivity index (χ0) is 39.6. The van der Waals surface area contributed by atoms with Crippen molar-refractivity contribution in [2.75, 3.05) is 19.6 Å². The summed E-state index contributed by atoms with van der Waals surface area (Å²) in [7, 11) is -3.63. The van der Waals surface area contributed by atoms with Gasteiger partial charge in [-0.05, 0) is 78.0 Å². The highest BCUT2D eigenvalue weighted by molar-refractivity contribution is 7.89. The molecule has 56 heavy (non-hydrogen) atoms. The van der Waals surface area contributed by atoms with E-state index in [-0.39, 0.29) is 36.2 Å². The van der Waals surface area contributed by atoms with Gasteiger partial charge in [-0.1, -0.05) is 164 Å². The van der Waals surface area contributed by atoms with Crippen LogP contribution >= 0.6 is 0 Å². The van der Waals surface area contributed by atoms with Gasteiger partial charge >= 0.3 is 0 Å². The Hall–Kier alpha value is -3.37. The lowest BCUT2D eigenvalue weighted by Gasteiger charge is -2.43. The Morgan fingerprint density at radius 2 is 1.25 bits per heavy atom. The minimum atomic E-state index is -3.63. The van der Waals surface area contributed by atoms with Crippen molar-refractivity contribution < 1.29 is 23.0 Å². The Kier molecular flexibility index (Phi) is 18.1. The lowest BCUT2D eigenvalue weighted by molar-refractivity contribution is -0.276. The van der Waals surface area contributed by atoms with Crippen LogP contribution in [0.3, 0.4) is 0 Å². The number of nitrogens with one attached hydrogen (secondary N) is 1. The fourth-order valence-corrected chi connectivity index (χ4v) is 8.73. The Labute approximate surface area is 337 Å². The van der Waals surface area contributed by atoms with E-state index in [0.717, 1.165) is 53.0 Å². The lowest BCUT2D eigenvalue weighted by Crippen LogP contribution is -2.45. The number of unbranched alkanes of at least 4 members (excludes halogenated alkanes) is 10. The third-order valence-corrected chi connectivity index (χ3v) is 12.6. The number of hydrogen-bond acceptors (Lipinski definition) is 6. The zero-order valence-corrected chi connectivity index (χ0v) is 34.9. The summed E-state index contributed by atoms with van der Waals surface area (Å²) in [6.45, 7) is 10.0. The van der Waals surface area contributed by atoms with E-state index in [4.69, 9.17) is 9.47 Å². The molecule has 1 heterocycles. The van der Waals surface area contributed by atoms with Crippen LogP contribution in [-0.4, -0.2) is 44.2 Å². The highest BCUT2D eigenvalue weighted by Crippen LogP contribution is 2.42. The molecule has 304 valence electrons. The largest absolute Gasteiger partial charge is 0.392 e. The molecule has 0 amide bonds. The first-order valence-corrected chi connectivity index (χ1v) is 22.8. The summed E-state index contributed by atoms with van der Waals surface area (Å²) in [6, 6.07) is 32.9. The molecule has 0 aliphatic carbocycles. The second kappa shape index (κ2) is 23.1. The molecule has 4 aromatic carbocycles. The molecule has 1 fully saturated rings. The van der Waals surface area contributed by atoms with Crippen LogP contribution in [0.2, 0.25) is 0 Å². The molecule has 0 aromatic heterocycles. The first-order valence-electron chi connectivity index (χ1n) is 21.3. The topological polar surface area (TPSA) is 88.1 Å². The number of ether oxygens (including phenoxy) is 2. The fraction of sp³-hybridized carbons (Fsp3) is 0.500. The molecule has 1 saturated heterocycles. The van der Waals surface area contributed by atoms with Gasteiger partial charge < -0.3 is 19.5 Å². The van der Waals surface area contributed by atoms with E-state index in [1.54, 1.807) is 30.3 Å². The lowest BCUT2D eigenvalue weighted by atomic mass is 9.89. The third-order valence-electron chi connectivity index (χ3n) is 11.2. The van der Waals surface area contributed by atoms with Gasteiger partial charge in [-0.2, -0.15) is 0 Å². The van der Waals surface area contributed by atoms with Crippen LogP contribution in [0.4, 0.5) is 0 Å². The minimum absolute atomic E-state index is 0.00839. The molecule has 5 rings (SSSR count). The summed E-state index contributed by atoms with van der Waals surface area (Å²) in [4.78, 5) is 2.91. The summed E-state index contributed by atoms with van der Waals surface area (Å²) in [5, 5.41) is 9.75. The van der Waals surface area contributed by atoms with Crippen molar-refractivity contribution in [1.82, 2.24) is 9.62 Å². The van der Waals surface area contributed by atoms with Gasteiger partial charge in [-0.25, -0.2) is 13.1 Å². The highest BCUT2D eigenvalue weighted by atomic mass is 32.2. The van der Waals surface area contributed by atoms with Crippen LogP contribution < -0.4 is 4.72 Å². The maximum Gasteiger partial charge on any atom is 0.240 e. The van der Waals surface area contributed by atoms with Gasteiger partial charge in [-0.3, -0.25) is 0 Å². The number of benzene rings is 4. The second-order valence-corrected chi connectivity index (χ2v) is 17.4. The van der Waals surface area contributed by atoms with E-state index < -0.39 is 16.3 Å². The Balaban J connectivity index is 1.34. The number of aliphatic hydroxyl groups is 1. The van der Waals surface area contributed by atoms with Gasteiger partial charge in [-0.15, -0.1) is 0 Å². The molecular formula is C48H66N2O5S. The quantitative estimate of drug-likeness (QED) is 0.0688. The minimum Gasteiger partial charge on any atom is -0.392 e. The maximum atomic E-state index is 12.9. The molecule has 0 saturated carbocycles. The SMILES string of the molecule is CCCCCCCCN(CCCCCCCC)C[C@H]1O[C@@H](c2cccc(-c3cccc(CNS(=O)(=O)c4ccccc4)c3)c2)O[C@@H](c2ccc(CO)cc2)[C@H]1C. The second-order valence-electron chi connectivity index (χ2n) is 15.6. The summed E-state index contributed by atoms with van der Waals surface area (Å²) < 4.78 is 42.4. The van der Waals surface area contributed by atoms with Crippen LogP contribution in [0.15, 0.2) is 108 Å². The van der Waals surface area contributed by atoms with E-state index in [2.05, 4.69) is 66.8 Å². The molecule has 1 aliphatic rings. The molecule has 4 atom stereocenters. The summed E-state index contributed by atoms with van der Waals surface area (Å²) >= 11 is 0. The Morgan fingerprint density at radius 3 is 1.89 bits per heavy atom. The van der Waals surface area contributed by atoms with E-state index in [0.29, 0.717) is 0 Å². The smallest absolute Gasteiger partial charge is 0.240 e. The molecular weight excluding hydrogens is 717 g/mol. The number of aliphatic hydroxyl groups excluding tert-OH is 1. The van der Waals surface area contributed by atoms with Crippen molar-refractivity contribution >= 4 is 10.0 Å². The fourth-order valence-electron chi connectivity index (χ4n) is 7.70. The number of nitrogens with zero attached hydrogens (tertiary/aromatic N) is 1. The van der Waals surface area contributed by atoms with Crippen molar-refractivity contribution in [2.45, 2.75) is 134 Å². The van der Waals surface area contributed by atoms with Gasteiger partial charge in [0.15, 0.2) is 6.29 Å². The monoisotopic (exact) mass is 782 g/mol. The third kappa shape index (κ3) is 13.4. The molecule has 0 unspecified atom stereocenters. The first kappa shape index (κ1) is 43.7. The number of sulfonamides is 1. The molecule has 2 N–H and O–H groups in total. The summed E-state index contributed by atoms with van der Waals surface area (Å²) in [6.07, 6.45) is 14.6. The summed E-state index contributed by atoms with van der Waals surface area (Å²) in [5.74, 6) is 0.113. The number of rotatable bonds is 24.